The van der Waals surface area contributed by atoms with E-state index in [-0.39, 0.29) is 24.0 Å². The van der Waals surface area contributed by atoms with Crippen molar-refractivity contribution >= 4 is 23.6 Å². The average molecular weight is 406 g/mol. The molecule has 8 nitrogen and oxygen atoms in total. The fraction of sp³-hybridized carbons (Fsp3) is 0.273. The van der Waals surface area contributed by atoms with Crippen LogP contribution in [0.3, 0.4) is 0 Å². The van der Waals surface area contributed by atoms with Crippen molar-refractivity contribution < 1.29 is 19.2 Å². The quantitative estimate of drug-likeness (QED) is 0.611. The second-order valence-corrected chi connectivity index (χ2v) is 7.40. The van der Waals surface area contributed by atoms with Crippen LogP contribution < -0.4 is 16.4 Å². The van der Waals surface area contributed by atoms with Gasteiger partial charge in [-0.05, 0) is 35.2 Å². The first kappa shape index (κ1) is 19.9. The van der Waals surface area contributed by atoms with Gasteiger partial charge < -0.3 is 11.1 Å². The van der Waals surface area contributed by atoms with Gasteiger partial charge in [0.1, 0.15) is 6.04 Å². The number of piperidine rings is 1. The molecule has 4 N–H and O–H groups in total. The SMILES string of the molecule is NCc1ccccc1CNCc1ccc2c(c1)C(=O)N(C1CCC(=O)NC1=O)C2=O. The first-order valence-corrected chi connectivity index (χ1v) is 9.81. The van der Waals surface area contributed by atoms with E-state index in [1.54, 1.807) is 18.2 Å². The first-order valence-electron chi connectivity index (χ1n) is 9.81. The topological polar surface area (TPSA) is 122 Å². The van der Waals surface area contributed by atoms with Gasteiger partial charge in [-0.2, -0.15) is 0 Å². The fourth-order valence-electron chi connectivity index (χ4n) is 3.90. The van der Waals surface area contributed by atoms with Crippen LogP contribution in [0.1, 0.15) is 50.2 Å². The number of nitrogens with one attached hydrogen (secondary N) is 2. The Morgan fingerprint density at radius 2 is 1.70 bits per heavy atom. The number of nitrogens with two attached hydrogens (primary N) is 1. The summed E-state index contributed by atoms with van der Waals surface area (Å²) in [6.45, 7) is 1.59. The van der Waals surface area contributed by atoms with Crippen molar-refractivity contribution in [2.45, 2.75) is 38.5 Å². The molecule has 1 fully saturated rings. The zero-order chi connectivity index (χ0) is 21.3. The van der Waals surface area contributed by atoms with Crippen molar-refractivity contribution in [1.29, 1.82) is 0 Å². The van der Waals surface area contributed by atoms with Crippen LogP contribution in [0.15, 0.2) is 42.5 Å². The highest BCUT2D eigenvalue weighted by Crippen LogP contribution is 2.28. The van der Waals surface area contributed by atoms with Crippen LogP contribution in [0, 0.1) is 0 Å². The Bertz CT molecular complexity index is 1050. The van der Waals surface area contributed by atoms with E-state index in [0.717, 1.165) is 21.6 Å². The minimum atomic E-state index is -0.954. The van der Waals surface area contributed by atoms with E-state index in [1.165, 1.54) is 0 Å². The van der Waals surface area contributed by atoms with Gasteiger partial charge in [0, 0.05) is 26.1 Å². The third-order valence-electron chi connectivity index (χ3n) is 5.49. The second kappa shape index (κ2) is 8.17. The monoisotopic (exact) mass is 406 g/mol. The summed E-state index contributed by atoms with van der Waals surface area (Å²) in [6, 6.07) is 12.0. The molecule has 2 heterocycles. The molecule has 4 rings (SSSR count). The Hall–Kier alpha value is -3.36. The molecule has 0 spiro atoms. The zero-order valence-corrected chi connectivity index (χ0v) is 16.3. The fourth-order valence-corrected chi connectivity index (χ4v) is 3.90. The summed E-state index contributed by atoms with van der Waals surface area (Å²) < 4.78 is 0. The smallest absolute Gasteiger partial charge is 0.262 e. The largest absolute Gasteiger partial charge is 0.326 e. The molecule has 1 unspecified atom stereocenters. The van der Waals surface area contributed by atoms with Gasteiger partial charge >= 0.3 is 0 Å². The van der Waals surface area contributed by atoms with Gasteiger partial charge in [-0.25, -0.2) is 0 Å². The Morgan fingerprint density at radius 3 is 2.43 bits per heavy atom. The number of benzene rings is 2. The van der Waals surface area contributed by atoms with Crippen molar-refractivity contribution in [1.82, 2.24) is 15.5 Å². The molecule has 0 aromatic heterocycles. The van der Waals surface area contributed by atoms with E-state index in [0.29, 0.717) is 19.6 Å². The van der Waals surface area contributed by atoms with Gasteiger partial charge in [0.2, 0.25) is 11.8 Å². The Morgan fingerprint density at radius 1 is 0.967 bits per heavy atom. The zero-order valence-electron chi connectivity index (χ0n) is 16.3. The maximum absolute atomic E-state index is 12.9. The molecule has 0 aliphatic carbocycles. The lowest BCUT2D eigenvalue weighted by molar-refractivity contribution is -0.136. The van der Waals surface area contributed by atoms with Crippen molar-refractivity contribution in [3.05, 3.63) is 70.3 Å². The normalized spacial score (nSPS) is 18.6. The predicted molar refractivity (Wildman–Crippen MR) is 108 cm³/mol. The molecule has 2 aromatic carbocycles. The number of hydrogen-bond donors (Lipinski definition) is 3. The number of fused-ring (bicyclic) bond motifs is 1. The molecule has 0 bridgehead atoms. The van der Waals surface area contributed by atoms with Crippen molar-refractivity contribution in [2.24, 2.45) is 5.73 Å². The Balaban J connectivity index is 1.47. The third-order valence-corrected chi connectivity index (χ3v) is 5.49. The van der Waals surface area contributed by atoms with Gasteiger partial charge in [-0.1, -0.05) is 30.3 Å². The Labute approximate surface area is 173 Å². The number of imide groups is 2. The van der Waals surface area contributed by atoms with Crippen LogP contribution in [0.5, 0.6) is 0 Å². The number of carbonyl (C=O) groups is 4. The van der Waals surface area contributed by atoms with Crippen molar-refractivity contribution in [3.63, 3.8) is 0 Å². The molecule has 0 radical (unpaired) electrons. The number of amides is 4. The highest BCUT2D eigenvalue weighted by atomic mass is 16.2. The maximum Gasteiger partial charge on any atom is 0.262 e. The summed E-state index contributed by atoms with van der Waals surface area (Å²) in [4.78, 5) is 50.1. The van der Waals surface area contributed by atoms with Gasteiger partial charge in [0.15, 0.2) is 0 Å². The predicted octanol–water partition coefficient (Wildman–Crippen LogP) is 0.836. The van der Waals surface area contributed by atoms with Crippen molar-refractivity contribution in [2.75, 3.05) is 0 Å². The van der Waals surface area contributed by atoms with Gasteiger partial charge in [-0.3, -0.25) is 29.4 Å². The molecule has 0 saturated carbocycles. The minimum absolute atomic E-state index is 0.100. The van der Waals surface area contributed by atoms with E-state index in [2.05, 4.69) is 10.6 Å². The van der Waals surface area contributed by atoms with Gasteiger partial charge in [0.05, 0.1) is 11.1 Å². The molecule has 2 aliphatic heterocycles. The summed E-state index contributed by atoms with van der Waals surface area (Å²) in [5, 5.41) is 5.52. The molecule has 4 amide bonds. The van der Waals surface area contributed by atoms with Gasteiger partial charge in [0.25, 0.3) is 11.8 Å². The highest BCUT2D eigenvalue weighted by molar-refractivity contribution is 6.23. The van der Waals surface area contributed by atoms with Crippen LogP contribution >= 0.6 is 0 Å². The molecule has 8 heteroatoms. The van der Waals surface area contributed by atoms with Crippen LogP contribution in [0.4, 0.5) is 0 Å². The minimum Gasteiger partial charge on any atom is -0.326 e. The van der Waals surface area contributed by atoms with E-state index >= 15 is 0 Å². The van der Waals surface area contributed by atoms with E-state index < -0.39 is 29.7 Å². The van der Waals surface area contributed by atoms with Crippen molar-refractivity contribution in [3.8, 4) is 0 Å². The molecule has 2 aliphatic rings. The summed E-state index contributed by atoms with van der Waals surface area (Å²) in [7, 11) is 0. The van der Waals surface area contributed by atoms with Crippen LogP contribution in [-0.2, 0) is 29.2 Å². The average Bonchev–Trinajstić information content (AvgIpc) is 2.98. The van der Waals surface area contributed by atoms with Crippen LogP contribution in [0.2, 0.25) is 0 Å². The lowest BCUT2D eigenvalue weighted by atomic mass is 10.0. The molecule has 30 heavy (non-hydrogen) atoms. The summed E-state index contributed by atoms with van der Waals surface area (Å²) in [5.41, 5.74) is 9.36. The maximum atomic E-state index is 12.9. The number of rotatable bonds is 6. The molecule has 154 valence electrons. The number of nitrogens with zero attached hydrogens (tertiary/aromatic N) is 1. The third kappa shape index (κ3) is 3.62. The summed E-state index contributed by atoms with van der Waals surface area (Å²) in [5.74, 6) is -2.00. The first-order chi connectivity index (χ1) is 14.5. The Kier molecular flexibility index (Phi) is 5.43. The van der Waals surface area contributed by atoms with Gasteiger partial charge in [-0.15, -0.1) is 0 Å². The van der Waals surface area contributed by atoms with E-state index in [9.17, 15) is 19.2 Å². The molecule has 1 atom stereocenters. The van der Waals surface area contributed by atoms with E-state index in [1.807, 2.05) is 24.3 Å². The summed E-state index contributed by atoms with van der Waals surface area (Å²) >= 11 is 0. The van der Waals surface area contributed by atoms with E-state index in [4.69, 9.17) is 5.73 Å². The highest BCUT2D eigenvalue weighted by Gasteiger charge is 2.44. The standard InChI is InChI=1S/C22H22N4O4/c23-10-14-3-1-2-4-15(14)12-24-11-13-5-6-16-17(9-13)22(30)26(21(16)29)18-7-8-19(27)25-20(18)28/h1-6,9,18,24H,7-8,10-12,23H2,(H,25,27,28). The molecule has 2 aromatic rings. The van der Waals surface area contributed by atoms with Crippen LogP contribution in [0.25, 0.3) is 0 Å². The molecule has 1 saturated heterocycles. The second-order valence-electron chi connectivity index (χ2n) is 7.40. The molecular weight excluding hydrogens is 384 g/mol. The lowest BCUT2D eigenvalue weighted by Crippen LogP contribution is -2.54. The number of carbonyl (C=O) groups excluding carboxylic acids is 4. The molecular formula is C22H22N4O4. The lowest BCUT2D eigenvalue weighted by Gasteiger charge is -2.27. The number of hydrogen-bond acceptors (Lipinski definition) is 6. The van der Waals surface area contributed by atoms with Crippen LogP contribution in [-0.4, -0.2) is 34.6 Å². The summed E-state index contributed by atoms with van der Waals surface area (Å²) in [6.07, 6.45) is 0.244.